The van der Waals surface area contributed by atoms with Gasteiger partial charge in [0.25, 0.3) is 0 Å². The molecule has 2 aromatic carbocycles. The molecule has 0 radical (unpaired) electrons. The summed E-state index contributed by atoms with van der Waals surface area (Å²) in [5.41, 5.74) is 5.16. The molecule has 0 fully saturated rings. The third-order valence-electron chi connectivity index (χ3n) is 4.61. The third-order valence-corrected chi connectivity index (χ3v) is 5.38. The van der Waals surface area contributed by atoms with Crippen molar-refractivity contribution in [1.29, 1.82) is 0 Å². The minimum absolute atomic E-state index is 0.0597. The maximum atomic E-state index is 11.8. The Bertz CT molecular complexity index is 920. The van der Waals surface area contributed by atoms with Gasteiger partial charge in [0.15, 0.2) is 5.13 Å². The van der Waals surface area contributed by atoms with Crippen LogP contribution in [-0.2, 0) is 4.79 Å². The van der Waals surface area contributed by atoms with Crippen molar-refractivity contribution in [2.24, 2.45) is 0 Å². The minimum atomic E-state index is -0.107. The molecule has 2 heterocycles. The average Bonchev–Trinajstić information content (AvgIpc) is 3.21. The number of hydrogen-bond acceptors (Lipinski definition) is 4. The molecule has 2 N–H and O–H groups in total. The Hall–Kier alpha value is -2.66. The summed E-state index contributed by atoms with van der Waals surface area (Å²) in [5.74, 6) is -0.0475. The Balaban J connectivity index is 1.55. The first-order valence-corrected chi connectivity index (χ1v) is 9.22. The average molecular weight is 349 g/mol. The number of carbonyl (C=O) groups is 1. The van der Waals surface area contributed by atoms with Gasteiger partial charge in [0.1, 0.15) is 0 Å². The zero-order valence-corrected chi connectivity index (χ0v) is 14.9. The summed E-state index contributed by atoms with van der Waals surface area (Å²) in [6.07, 6.45) is 0. The van der Waals surface area contributed by atoms with Gasteiger partial charge >= 0.3 is 0 Å². The Kier molecular flexibility index (Phi) is 4.01. The number of benzene rings is 2. The highest BCUT2D eigenvalue weighted by Gasteiger charge is 2.26. The quantitative estimate of drug-likeness (QED) is 0.694. The van der Waals surface area contributed by atoms with Gasteiger partial charge in [-0.05, 0) is 37.1 Å². The fourth-order valence-electron chi connectivity index (χ4n) is 3.06. The van der Waals surface area contributed by atoms with E-state index >= 15 is 0 Å². The fraction of sp³-hybridized carbons (Fsp3) is 0.200. The van der Waals surface area contributed by atoms with Crippen molar-refractivity contribution in [2.45, 2.75) is 25.8 Å². The molecule has 0 aliphatic carbocycles. The van der Waals surface area contributed by atoms with Crippen molar-refractivity contribution < 1.29 is 4.79 Å². The molecule has 1 aromatic heterocycles. The van der Waals surface area contributed by atoms with Gasteiger partial charge in [0.05, 0.1) is 17.7 Å². The summed E-state index contributed by atoms with van der Waals surface area (Å²) in [7, 11) is 0. The number of hydrogen-bond donors (Lipinski definition) is 2. The van der Waals surface area contributed by atoms with E-state index in [4.69, 9.17) is 4.98 Å². The van der Waals surface area contributed by atoms with Crippen molar-refractivity contribution in [2.75, 3.05) is 10.6 Å². The van der Waals surface area contributed by atoms with E-state index < -0.39 is 0 Å². The highest BCUT2D eigenvalue weighted by molar-refractivity contribution is 7.14. The molecule has 126 valence electrons. The number of nitrogens with one attached hydrogen (secondary N) is 2. The molecule has 1 amide bonds. The zero-order valence-electron chi connectivity index (χ0n) is 14.1. The van der Waals surface area contributed by atoms with Gasteiger partial charge < -0.3 is 10.6 Å². The second kappa shape index (κ2) is 6.33. The van der Waals surface area contributed by atoms with Crippen LogP contribution < -0.4 is 10.6 Å². The van der Waals surface area contributed by atoms with Gasteiger partial charge in [0, 0.05) is 16.6 Å². The van der Waals surface area contributed by atoms with E-state index in [9.17, 15) is 4.79 Å². The van der Waals surface area contributed by atoms with Crippen LogP contribution in [-0.4, -0.2) is 10.9 Å². The molecule has 4 nitrogen and oxygen atoms in total. The van der Waals surface area contributed by atoms with Crippen molar-refractivity contribution in [3.05, 3.63) is 65.0 Å². The lowest BCUT2D eigenvalue weighted by Crippen LogP contribution is -2.08. The van der Waals surface area contributed by atoms with E-state index in [1.807, 2.05) is 37.3 Å². The summed E-state index contributed by atoms with van der Waals surface area (Å²) >= 11 is 1.60. The smallest absolute Gasteiger partial charge is 0.231 e. The molecule has 25 heavy (non-hydrogen) atoms. The number of thiazole rings is 1. The Labute approximate surface area is 150 Å². The van der Waals surface area contributed by atoms with E-state index in [2.05, 4.69) is 41.1 Å². The normalized spacial score (nSPS) is 17.0. The van der Waals surface area contributed by atoms with Crippen molar-refractivity contribution in [3.8, 4) is 11.3 Å². The van der Waals surface area contributed by atoms with Crippen LogP contribution in [0.2, 0.25) is 0 Å². The van der Waals surface area contributed by atoms with Crippen molar-refractivity contribution in [1.82, 2.24) is 4.98 Å². The first kappa shape index (κ1) is 15.8. The van der Waals surface area contributed by atoms with Gasteiger partial charge in [-0.15, -0.1) is 11.3 Å². The van der Waals surface area contributed by atoms with Crippen LogP contribution in [0.5, 0.6) is 0 Å². The Morgan fingerprint density at radius 2 is 2.00 bits per heavy atom. The monoisotopic (exact) mass is 349 g/mol. The van der Waals surface area contributed by atoms with Crippen LogP contribution in [0.1, 0.15) is 36.9 Å². The van der Waals surface area contributed by atoms with Crippen LogP contribution in [0.4, 0.5) is 10.8 Å². The Morgan fingerprint density at radius 1 is 1.20 bits per heavy atom. The minimum Gasteiger partial charge on any atom is -0.355 e. The molecule has 0 saturated carbocycles. The van der Waals surface area contributed by atoms with Crippen LogP contribution >= 0.6 is 11.3 Å². The Morgan fingerprint density at radius 3 is 2.80 bits per heavy atom. The number of carbonyl (C=O) groups excluding carboxylic acids is 1. The second-order valence-electron chi connectivity index (χ2n) is 6.33. The number of aromatic nitrogens is 1. The van der Waals surface area contributed by atoms with E-state index in [1.54, 1.807) is 11.3 Å². The van der Waals surface area contributed by atoms with E-state index in [0.717, 1.165) is 27.6 Å². The van der Waals surface area contributed by atoms with Gasteiger partial charge in [-0.25, -0.2) is 4.98 Å². The SMILES string of the molecule is C[C@H](Nc1nc(-c2ccc3c(c2)[C@@H](C)C(=O)N3)cs1)c1ccccc1. The maximum Gasteiger partial charge on any atom is 0.231 e. The molecule has 0 spiro atoms. The molecular formula is C20H19N3OS. The molecule has 5 heteroatoms. The van der Waals surface area contributed by atoms with Crippen molar-refractivity contribution in [3.63, 3.8) is 0 Å². The number of fused-ring (bicyclic) bond motifs is 1. The third kappa shape index (κ3) is 3.03. The maximum absolute atomic E-state index is 11.8. The topological polar surface area (TPSA) is 54.0 Å². The second-order valence-corrected chi connectivity index (χ2v) is 7.19. The fourth-order valence-corrected chi connectivity index (χ4v) is 3.87. The van der Waals surface area contributed by atoms with E-state index in [-0.39, 0.29) is 17.9 Å². The highest BCUT2D eigenvalue weighted by Crippen LogP contribution is 2.36. The van der Waals surface area contributed by atoms with Crippen LogP contribution in [0.25, 0.3) is 11.3 Å². The summed E-state index contributed by atoms with van der Waals surface area (Å²) < 4.78 is 0. The van der Waals surface area contributed by atoms with Crippen LogP contribution in [0.15, 0.2) is 53.9 Å². The predicted octanol–water partition coefficient (Wildman–Crippen LogP) is 5.04. The largest absolute Gasteiger partial charge is 0.355 e. The number of rotatable bonds is 4. The number of amides is 1. The van der Waals surface area contributed by atoms with Gasteiger partial charge in [-0.2, -0.15) is 0 Å². The number of nitrogens with zero attached hydrogens (tertiary/aromatic N) is 1. The molecule has 0 unspecified atom stereocenters. The van der Waals surface area contributed by atoms with E-state index in [1.165, 1.54) is 5.56 Å². The van der Waals surface area contributed by atoms with Crippen molar-refractivity contribution >= 4 is 28.1 Å². The lowest BCUT2D eigenvalue weighted by Gasteiger charge is -2.12. The van der Waals surface area contributed by atoms with Gasteiger partial charge in [0.2, 0.25) is 5.91 Å². The molecule has 0 saturated heterocycles. The molecular weight excluding hydrogens is 330 g/mol. The molecule has 0 bridgehead atoms. The standard InChI is InChI=1S/C20H19N3OS/c1-12-16-10-15(8-9-17(16)22-19(12)24)18-11-25-20(23-18)21-13(2)14-6-4-3-5-7-14/h3-13H,1-2H3,(H,21,23)(H,22,24)/t12-,13+/m1/s1. The lowest BCUT2D eigenvalue weighted by molar-refractivity contribution is -0.116. The molecule has 1 aliphatic rings. The number of anilines is 2. The summed E-state index contributed by atoms with van der Waals surface area (Å²) in [6, 6.07) is 16.6. The van der Waals surface area contributed by atoms with Gasteiger partial charge in [-0.1, -0.05) is 36.4 Å². The van der Waals surface area contributed by atoms with Gasteiger partial charge in [-0.3, -0.25) is 4.79 Å². The lowest BCUT2D eigenvalue weighted by atomic mass is 10.00. The molecule has 1 aliphatic heterocycles. The predicted molar refractivity (Wildman–Crippen MR) is 103 cm³/mol. The first-order valence-electron chi connectivity index (χ1n) is 8.34. The summed E-state index contributed by atoms with van der Waals surface area (Å²) in [4.78, 5) is 16.5. The van der Waals surface area contributed by atoms with Crippen LogP contribution in [0.3, 0.4) is 0 Å². The zero-order chi connectivity index (χ0) is 17.4. The van der Waals surface area contributed by atoms with Crippen LogP contribution in [0, 0.1) is 0 Å². The highest BCUT2D eigenvalue weighted by atomic mass is 32.1. The molecule has 4 rings (SSSR count). The first-order chi connectivity index (χ1) is 12.1. The summed E-state index contributed by atoms with van der Waals surface area (Å²) in [6.45, 7) is 4.06. The molecule has 3 aromatic rings. The van der Waals surface area contributed by atoms with E-state index in [0.29, 0.717) is 0 Å². The molecule has 2 atom stereocenters. The summed E-state index contributed by atoms with van der Waals surface area (Å²) in [5, 5.41) is 9.31.